The van der Waals surface area contributed by atoms with E-state index in [0.29, 0.717) is 13.1 Å². The highest BCUT2D eigenvalue weighted by molar-refractivity contribution is 5.85. The molecule has 2 amide bonds. The van der Waals surface area contributed by atoms with Crippen molar-refractivity contribution in [1.82, 2.24) is 20.0 Å². The SMILES string of the molecule is COC(=O)NC(C(=O)N(C)CCn1cccn1)C(C)C. The van der Waals surface area contributed by atoms with Crippen molar-refractivity contribution in [3.63, 3.8) is 0 Å². The Morgan fingerprint density at radius 3 is 2.65 bits per heavy atom. The molecule has 1 rings (SSSR count). The second kappa shape index (κ2) is 7.52. The topological polar surface area (TPSA) is 76.5 Å². The second-order valence-electron chi connectivity index (χ2n) is 4.89. The molecule has 7 heteroatoms. The van der Waals surface area contributed by atoms with E-state index >= 15 is 0 Å². The number of aromatic nitrogens is 2. The number of alkyl carbamates (subject to hydrolysis) is 1. The van der Waals surface area contributed by atoms with Crippen LogP contribution >= 0.6 is 0 Å². The van der Waals surface area contributed by atoms with E-state index in [9.17, 15) is 9.59 Å². The lowest BCUT2D eigenvalue weighted by Gasteiger charge is -2.26. The van der Waals surface area contributed by atoms with Gasteiger partial charge in [-0.05, 0) is 12.0 Å². The van der Waals surface area contributed by atoms with Crippen LogP contribution in [0.15, 0.2) is 18.5 Å². The van der Waals surface area contributed by atoms with Gasteiger partial charge in [-0.2, -0.15) is 5.10 Å². The van der Waals surface area contributed by atoms with Gasteiger partial charge in [0.2, 0.25) is 5.91 Å². The fourth-order valence-electron chi connectivity index (χ4n) is 1.73. The fourth-order valence-corrected chi connectivity index (χ4v) is 1.73. The van der Waals surface area contributed by atoms with Gasteiger partial charge in [-0.15, -0.1) is 0 Å². The number of ether oxygens (including phenoxy) is 1. The van der Waals surface area contributed by atoms with Crippen LogP contribution in [0.4, 0.5) is 4.79 Å². The third-order valence-electron chi connectivity index (χ3n) is 2.99. The Balaban J connectivity index is 2.56. The summed E-state index contributed by atoms with van der Waals surface area (Å²) in [4.78, 5) is 25.2. The molecule has 1 N–H and O–H groups in total. The average molecular weight is 282 g/mol. The molecule has 0 aliphatic heterocycles. The lowest BCUT2D eigenvalue weighted by atomic mass is 10.0. The molecule has 20 heavy (non-hydrogen) atoms. The molecular formula is C13H22N4O3. The van der Waals surface area contributed by atoms with E-state index in [0.717, 1.165) is 0 Å². The summed E-state index contributed by atoms with van der Waals surface area (Å²) in [7, 11) is 2.98. The largest absolute Gasteiger partial charge is 0.453 e. The number of hydrogen-bond acceptors (Lipinski definition) is 4. The molecule has 0 aliphatic rings. The minimum Gasteiger partial charge on any atom is -0.453 e. The number of methoxy groups -OCH3 is 1. The number of hydrogen-bond donors (Lipinski definition) is 1. The van der Waals surface area contributed by atoms with Crippen molar-refractivity contribution < 1.29 is 14.3 Å². The molecule has 1 aromatic heterocycles. The van der Waals surface area contributed by atoms with Crippen LogP contribution in [0.25, 0.3) is 0 Å². The first-order valence-corrected chi connectivity index (χ1v) is 6.52. The van der Waals surface area contributed by atoms with Gasteiger partial charge in [-0.3, -0.25) is 9.48 Å². The third kappa shape index (κ3) is 4.56. The lowest BCUT2D eigenvalue weighted by Crippen LogP contribution is -2.50. The van der Waals surface area contributed by atoms with Crippen molar-refractivity contribution in [3.8, 4) is 0 Å². The average Bonchev–Trinajstić information content (AvgIpc) is 2.93. The summed E-state index contributed by atoms with van der Waals surface area (Å²) in [5.41, 5.74) is 0. The van der Waals surface area contributed by atoms with Gasteiger partial charge in [0.1, 0.15) is 6.04 Å². The second-order valence-corrected chi connectivity index (χ2v) is 4.89. The maximum Gasteiger partial charge on any atom is 0.407 e. The van der Waals surface area contributed by atoms with Crippen molar-refractivity contribution in [2.75, 3.05) is 20.7 Å². The molecule has 0 bridgehead atoms. The van der Waals surface area contributed by atoms with E-state index in [1.165, 1.54) is 7.11 Å². The Morgan fingerprint density at radius 1 is 1.45 bits per heavy atom. The molecule has 0 aliphatic carbocycles. The van der Waals surface area contributed by atoms with E-state index in [2.05, 4.69) is 15.2 Å². The van der Waals surface area contributed by atoms with Crippen LogP contribution in [0.5, 0.6) is 0 Å². The first-order chi connectivity index (χ1) is 9.45. The van der Waals surface area contributed by atoms with Crippen LogP contribution in [0.2, 0.25) is 0 Å². The molecule has 0 saturated heterocycles. The molecule has 7 nitrogen and oxygen atoms in total. The molecule has 0 spiro atoms. The standard InChI is InChI=1S/C13H22N4O3/c1-10(2)11(15-13(19)20-4)12(18)16(3)8-9-17-7-5-6-14-17/h5-7,10-11H,8-9H2,1-4H3,(H,15,19). The molecule has 0 saturated carbocycles. The minimum atomic E-state index is -0.600. The fraction of sp³-hybridized carbons (Fsp3) is 0.615. The zero-order valence-electron chi connectivity index (χ0n) is 12.4. The number of likely N-dealkylation sites (N-methyl/N-ethyl adjacent to an activating group) is 1. The van der Waals surface area contributed by atoms with Crippen molar-refractivity contribution in [3.05, 3.63) is 18.5 Å². The van der Waals surface area contributed by atoms with E-state index in [1.54, 1.807) is 22.8 Å². The van der Waals surface area contributed by atoms with Crippen LogP contribution in [0, 0.1) is 5.92 Å². The van der Waals surface area contributed by atoms with Gasteiger partial charge in [0.15, 0.2) is 0 Å². The maximum absolute atomic E-state index is 12.3. The third-order valence-corrected chi connectivity index (χ3v) is 2.99. The zero-order chi connectivity index (χ0) is 15.1. The summed E-state index contributed by atoms with van der Waals surface area (Å²) in [6.07, 6.45) is 2.93. The zero-order valence-corrected chi connectivity index (χ0v) is 12.4. The Morgan fingerprint density at radius 2 is 2.15 bits per heavy atom. The van der Waals surface area contributed by atoms with Gasteiger partial charge in [0, 0.05) is 26.0 Å². The summed E-state index contributed by atoms with van der Waals surface area (Å²) >= 11 is 0. The van der Waals surface area contributed by atoms with Crippen molar-refractivity contribution in [2.45, 2.75) is 26.4 Å². The summed E-state index contributed by atoms with van der Waals surface area (Å²) in [5, 5.41) is 6.64. The van der Waals surface area contributed by atoms with Gasteiger partial charge in [0.25, 0.3) is 0 Å². The summed E-state index contributed by atoms with van der Waals surface area (Å²) < 4.78 is 6.30. The van der Waals surface area contributed by atoms with Crippen LogP contribution < -0.4 is 5.32 Å². The van der Waals surface area contributed by atoms with Gasteiger partial charge >= 0.3 is 6.09 Å². The van der Waals surface area contributed by atoms with E-state index in [4.69, 9.17) is 0 Å². The summed E-state index contributed by atoms with van der Waals surface area (Å²) in [6, 6.07) is 1.24. The van der Waals surface area contributed by atoms with Crippen LogP contribution in [-0.4, -0.2) is 53.4 Å². The van der Waals surface area contributed by atoms with Crippen molar-refractivity contribution in [2.24, 2.45) is 5.92 Å². The number of nitrogens with zero attached hydrogens (tertiary/aromatic N) is 3. The highest BCUT2D eigenvalue weighted by Gasteiger charge is 2.27. The van der Waals surface area contributed by atoms with E-state index < -0.39 is 12.1 Å². The molecule has 0 radical (unpaired) electrons. The van der Waals surface area contributed by atoms with Crippen LogP contribution in [0.3, 0.4) is 0 Å². The smallest absolute Gasteiger partial charge is 0.407 e. The molecular weight excluding hydrogens is 260 g/mol. The monoisotopic (exact) mass is 282 g/mol. The lowest BCUT2D eigenvalue weighted by molar-refractivity contribution is -0.133. The first kappa shape index (κ1) is 16.0. The summed E-state index contributed by atoms with van der Waals surface area (Å²) in [5.74, 6) is -0.161. The Kier molecular flexibility index (Phi) is 6.02. The number of carbonyl (C=O) groups is 2. The predicted molar refractivity (Wildman–Crippen MR) is 74.0 cm³/mol. The number of nitrogens with one attached hydrogen (secondary N) is 1. The van der Waals surface area contributed by atoms with E-state index in [-0.39, 0.29) is 11.8 Å². The Hall–Kier alpha value is -2.05. The van der Waals surface area contributed by atoms with E-state index in [1.807, 2.05) is 26.1 Å². The number of rotatable bonds is 6. The molecule has 1 atom stereocenters. The van der Waals surface area contributed by atoms with Crippen molar-refractivity contribution in [1.29, 1.82) is 0 Å². The Bertz CT molecular complexity index is 431. The normalized spacial score (nSPS) is 12.1. The molecule has 1 heterocycles. The molecule has 0 fully saturated rings. The highest BCUT2D eigenvalue weighted by Crippen LogP contribution is 2.06. The van der Waals surface area contributed by atoms with Crippen molar-refractivity contribution >= 4 is 12.0 Å². The minimum absolute atomic E-state index is 0.0197. The van der Waals surface area contributed by atoms with Gasteiger partial charge in [-0.25, -0.2) is 4.79 Å². The maximum atomic E-state index is 12.3. The quantitative estimate of drug-likeness (QED) is 0.834. The van der Waals surface area contributed by atoms with Crippen LogP contribution in [0.1, 0.15) is 13.8 Å². The van der Waals surface area contributed by atoms with Gasteiger partial charge in [0.05, 0.1) is 13.7 Å². The molecule has 1 aromatic rings. The van der Waals surface area contributed by atoms with Gasteiger partial charge in [-0.1, -0.05) is 13.8 Å². The summed E-state index contributed by atoms with van der Waals surface area (Å²) in [6.45, 7) is 4.88. The Labute approximate surface area is 118 Å². The highest BCUT2D eigenvalue weighted by atomic mass is 16.5. The molecule has 1 unspecified atom stereocenters. The number of amides is 2. The molecule has 112 valence electrons. The number of carbonyl (C=O) groups excluding carboxylic acids is 2. The predicted octanol–water partition coefficient (Wildman–Crippen LogP) is 0.722. The van der Waals surface area contributed by atoms with Gasteiger partial charge < -0.3 is 15.0 Å². The molecule has 0 aromatic carbocycles. The first-order valence-electron chi connectivity index (χ1n) is 6.52. The van der Waals surface area contributed by atoms with Crippen LogP contribution in [-0.2, 0) is 16.1 Å².